The van der Waals surface area contributed by atoms with E-state index < -0.39 is 11.6 Å². The molecule has 1 aliphatic rings. The van der Waals surface area contributed by atoms with Gasteiger partial charge in [-0.3, -0.25) is 4.79 Å². The number of benzene rings is 1. The van der Waals surface area contributed by atoms with Crippen LogP contribution in [0.5, 0.6) is 0 Å². The molecule has 140 valence electrons. The van der Waals surface area contributed by atoms with Gasteiger partial charge in [0.2, 0.25) is 0 Å². The number of rotatable bonds is 4. The molecule has 1 aromatic carbocycles. The van der Waals surface area contributed by atoms with E-state index in [1.807, 2.05) is 36.5 Å². The maximum atomic E-state index is 14.8. The average molecular weight is 387 g/mol. The summed E-state index contributed by atoms with van der Waals surface area (Å²) in [5.41, 5.74) is 7.55. The van der Waals surface area contributed by atoms with E-state index in [9.17, 15) is 9.18 Å². The van der Waals surface area contributed by atoms with Crippen LogP contribution in [0.25, 0.3) is 16.6 Å². The number of aromatic nitrogens is 2. The molecule has 3 N–H and O–H groups in total. The Kier molecular flexibility index (Phi) is 4.30. The van der Waals surface area contributed by atoms with Gasteiger partial charge < -0.3 is 11.1 Å². The Morgan fingerprint density at radius 2 is 2.11 bits per heavy atom. The van der Waals surface area contributed by atoms with E-state index in [1.54, 1.807) is 11.4 Å². The molecule has 5 nitrogen and oxygen atoms in total. The van der Waals surface area contributed by atoms with Crippen molar-refractivity contribution in [1.29, 1.82) is 0 Å². The Labute approximate surface area is 161 Å². The number of anilines is 1. The van der Waals surface area contributed by atoms with E-state index in [0.29, 0.717) is 29.1 Å². The molecule has 2 aromatic heterocycles. The normalized spacial score (nSPS) is 22.3. The van der Waals surface area contributed by atoms with Crippen LogP contribution < -0.4 is 11.1 Å². The first-order chi connectivity index (χ1) is 12.8. The third-order valence-corrected chi connectivity index (χ3v) is 5.54. The van der Waals surface area contributed by atoms with Crippen LogP contribution in [-0.2, 0) is 0 Å². The molecule has 4 rings (SSSR count). The van der Waals surface area contributed by atoms with Crippen molar-refractivity contribution in [2.24, 2.45) is 5.73 Å². The number of hydrogen-bond acceptors (Lipinski definition) is 3. The molecule has 0 radical (unpaired) electrons. The zero-order chi connectivity index (χ0) is 19.2. The first-order valence-corrected chi connectivity index (χ1v) is 9.25. The molecule has 0 saturated heterocycles. The second-order valence-electron chi connectivity index (χ2n) is 7.23. The van der Waals surface area contributed by atoms with Crippen LogP contribution in [0.1, 0.15) is 36.5 Å². The van der Waals surface area contributed by atoms with Crippen molar-refractivity contribution < 1.29 is 9.18 Å². The molecule has 3 aromatic rings. The summed E-state index contributed by atoms with van der Waals surface area (Å²) in [4.78, 5) is 11.9. The lowest BCUT2D eigenvalue weighted by molar-refractivity contribution is 0.1000. The Balaban J connectivity index is 1.82. The summed E-state index contributed by atoms with van der Waals surface area (Å²) in [5.74, 6) is -0.597. The lowest BCUT2D eigenvalue weighted by Crippen LogP contribution is -2.36. The van der Waals surface area contributed by atoms with Crippen molar-refractivity contribution in [3.63, 3.8) is 0 Å². The fraction of sp³-hybridized carbons (Fsp3) is 0.300. The number of nitrogens with one attached hydrogen (secondary N) is 1. The first-order valence-electron chi connectivity index (χ1n) is 8.88. The summed E-state index contributed by atoms with van der Waals surface area (Å²) in [6, 6.07) is 8.98. The van der Waals surface area contributed by atoms with Crippen molar-refractivity contribution in [3.8, 4) is 11.1 Å². The highest BCUT2D eigenvalue weighted by atomic mass is 35.5. The van der Waals surface area contributed by atoms with Crippen LogP contribution in [0, 0.1) is 0 Å². The van der Waals surface area contributed by atoms with Gasteiger partial charge in [-0.1, -0.05) is 23.7 Å². The highest BCUT2D eigenvalue weighted by Gasteiger charge is 2.39. The summed E-state index contributed by atoms with van der Waals surface area (Å²) in [5, 5.41) is 8.19. The van der Waals surface area contributed by atoms with Gasteiger partial charge in [-0.15, -0.1) is 0 Å². The van der Waals surface area contributed by atoms with Gasteiger partial charge >= 0.3 is 0 Å². The van der Waals surface area contributed by atoms with Crippen molar-refractivity contribution in [1.82, 2.24) is 9.61 Å². The molecule has 27 heavy (non-hydrogen) atoms. The highest BCUT2D eigenvalue weighted by molar-refractivity contribution is 6.30. The van der Waals surface area contributed by atoms with E-state index in [1.165, 1.54) is 6.20 Å². The van der Waals surface area contributed by atoms with Crippen LogP contribution >= 0.6 is 11.6 Å². The third kappa shape index (κ3) is 3.25. The molecule has 0 aliphatic heterocycles. The fourth-order valence-corrected chi connectivity index (χ4v) is 3.85. The standard InChI is InChI=1S/C20H20ClFN4O/c1-20(22)8-2-3-17(20)25-18-15(19(23)27)10-24-26-11-13(9-16(18)26)12-4-6-14(21)7-5-12/h4-7,9-11,17,25H,2-3,8H2,1H3,(H2,23,27). The van der Waals surface area contributed by atoms with Crippen molar-refractivity contribution in [2.45, 2.75) is 37.9 Å². The average Bonchev–Trinajstić information content (AvgIpc) is 3.19. The number of primary amides is 1. The molecular weight excluding hydrogens is 367 g/mol. The summed E-state index contributed by atoms with van der Waals surface area (Å²) in [7, 11) is 0. The van der Waals surface area contributed by atoms with Crippen molar-refractivity contribution in [2.75, 3.05) is 5.32 Å². The topological polar surface area (TPSA) is 72.4 Å². The first kappa shape index (κ1) is 17.8. The summed E-state index contributed by atoms with van der Waals surface area (Å²) in [6.07, 6.45) is 5.28. The fourth-order valence-electron chi connectivity index (χ4n) is 3.72. The Hall–Kier alpha value is -2.60. The minimum absolute atomic E-state index is 0.256. The molecule has 1 amide bonds. The quantitative estimate of drug-likeness (QED) is 0.695. The van der Waals surface area contributed by atoms with Gasteiger partial charge in [0.05, 0.1) is 29.0 Å². The van der Waals surface area contributed by atoms with E-state index in [-0.39, 0.29) is 11.6 Å². The van der Waals surface area contributed by atoms with Gasteiger partial charge in [-0.05, 0) is 49.9 Å². The molecular formula is C20H20ClFN4O. The molecule has 1 fully saturated rings. The Morgan fingerprint density at radius 1 is 1.37 bits per heavy atom. The second kappa shape index (κ2) is 6.53. The van der Waals surface area contributed by atoms with Gasteiger partial charge in [0.25, 0.3) is 5.91 Å². The zero-order valence-electron chi connectivity index (χ0n) is 14.9. The van der Waals surface area contributed by atoms with Crippen LogP contribution in [-0.4, -0.2) is 27.2 Å². The van der Waals surface area contributed by atoms with Gasteiger partial charge in [0.15, 0.2) is 0 Å². The minimum atomic E-state index is -1.33. The molecule has 1 aliphatic carbocycles. The summed E-state index contributed by atoms with van der Waals surface area (Å²) >= 11 is 5.97. The molecule has 2 unspecified atom stereocenters. The monoisotopic (exact) mass is 386 g/mol. The van der Waals surface area contributed by atoms with Gasteiger partial charge in [0.1, 0.15) is 5.67 Å². The second-order valence-corrected chi connectivity index (χ2v) is 7.67. The van der Waals surface area contributed by atoms with Gasteiger partial charge in [0, 0.05) is 16.8 Å². The number of alkyl halides is 1. The van der Waals surface area contributed by atoms with E-state index in [2.05, 4.69) is 10.4 Å². The number of fused-ring (bicyclic) bond motifs is 1. The van der Waals surface area contributed by atoms with E-state index >= 15 is 0 Å². The van der Waals surface area contributed by atoms with E-state index in [0.717, 1.165) is 17.5 Å². The third-order valence-electron chi connectivity index (χ3n) is 5.28. The molecule has 2 heterocycles. The molecule has 0 bridgehead atoms. The molecule has 7 heteroatoms. The number of hydrogen-bond donors (Lipinski definition) is 2. The smallest absolute Gasteiger partial charge is 0.252 e. The maximum absolute atomic E-state index is 14.8. The lowest BCUT2D eigenvalue weighted by atomic mass is 10.0. The van der Waals surface area contributed by atoms with Crippen LogP contribution in [0.4, 0.5) is 10.1 Å². The van der Waals surface area contributed by atoms with Gasteiger partial charge in [-0.2, -0.15) is 5.10 Å². The number of halogens is 2. The molecule has 0 spiro atoms. The minimum Gasteiger partial charge on any atom is -0.377 e. The predicted octanol–water partition coefficient (Wildman–Crippen LogP) is 4.45. The summed E-state index contributed by atoms with van der Waals surface area (Å²) in [6.45, 7) is 1.59. The molecule has 1 saturated carbocycles. The number of nitrogens with two attached hydrogens (primary N) is 1. The Morgan fingerprint density at radius 3 is 2.74 bits per heavy atom. The van der Waals surface area contributed by atoms with Crippen molar-refractivity contribution in [3.05, 3.63) is 53.3 Å². The number of carbonyl (C=O) groups excluding carboxylic acids is 1. The number of nitrogens with zero attached hydrogens (tertiary/aromatic N) is 2. The predicted molar refractivity (Wildman–Crippen MR) is 105 cm³/mol. The highest BCUT2D eigenvalue weighted by Crippen LogP contribution is 2.37. The SMILES string of the molecule is CC1(F)CCCC1Nc1c(C(N)=O)cnn2cc(-c3ccc(Cl)cc3)cc12. The van der Waals surface area contributed by atoms with Crippen molar-refractivity contribution >= 4 is 28.7 Å². The van der Waals surface area contributed by atoms with E-state index in [4.69, 9.17) is 17.3 Å². The van der Waals surface area contributed by atoms with Crippen LogP contribution in [0.15, 0.2) is 42.7 Å². The summed E-state index contributed by atoms with van der Waals surface area (Å²) < 4.78 is 16.5. The largest absolute Gasteiger partial charge is 0.377 e. The lowest BCUT2D eigenvalue weighted by Gasteiger charge is -2.26. The Bertz CT molecular complexity index is 1010. The number of amides is 1. The maximum Gasteiger partial charge on any atom is 0.252 e. The van der Waals surface area contributed by atoms with Gasteiger partial charge in [-0.25, -0.2) is 8.91 Å². The van der Waals surface area contributed by atoms with Crippen LogP contribution in [0.3, 0.4) is 0 Å². The zero-order valence-corrected chi connectivity index (χ0v) is 15.6. The van der Waals surface area contributed by atoms with Crippen LogP contribution in [0.2, 0.25) is 5.02 Å². The number of carbonyl (C=O) groups is 1. The molecule has 2 atom stereocenters.